The summed E-state index contributed by atoms with van der Waals surface area (Å²) in [7, 11) is 0. The molecule has 0 spiro atoms. The summed E-state index contributed by atoms with van der Waals surface area (Å²) in [5.41, 5.74) is 8.95. The van der Waals surface area contributed by atoms with Gasteiger partial charge in [-0.2, -0.15) is 0 Å². The lowest BCUT2D eigenvalue weighted by molar-refractivity contribution is 0.464. The van der Waals surface area contributed by atoms with Gasteiger partial charge in [-0.15, -0.1) is 0 Å². The van der Waals surface area contributed by atoms with Gasteiger partial charge < -0.3 is 9.47 Å². The minimum atomic E-state index is 0.0272. The first-order valence-electron chi connectivity index (χ1n) is 11.5. The molecule has 4 aromatic rings. The molecular weight excluding hydrogens is 415 g/mol. The quantitative estimate of drug-likeness (QED) is 0.243. The third-order valence-electron chi connectivity index (χ3n) is 6.71. The van der Waals surface area contributed by atoms with Gasteiger partial charge in [-0.05, 0) is 58.3 Å². The van der Waals surface area contributed by atoms with Gasteiger partial charge in [0.25, 0.3) is 6.71 Å². The zero-order chi connectivity index (χ0) is 23.2. The summed E-state index contributed by atoms with van der Waals surface area (Å²) in [4.78, 5) is 0. The molecule has 0 atom stereocenters. The molecule has 0 unspecified atom stereocenters. The minimum absolute atomic E-state index is 0.0272. The topological polar surface area (TPSA) is 18.5 Å². The van der Waals surface area contributed by atoms with E-state index in [1.807, 2.05) is 30.4 Å². The van der Waals surface area contributed by atoms with Crippen LogP contribution in [-0.4, -0.2) is 6.71 Å². The van der Waals surface area contributed by atoms with Gasteiger partial charge in [0.2, 0.25) is 0 Å². The molecule has 162 valence electrons. The van der Waals surface area contributed by atoms with E-state index in [-0.39, 0.29) is 6.71 Å². The number of benzene rings is 4. The predicted molar refractivity (Wildman–Crippen MR) is 143 cm³/mol. The number of rotatable bonds is 4. The van der Waals surface area contributed by atoms with E-state index in [0.717, 1.165) is 56.1 Å². The van der Waals surface area contributed by atoms with Crippen molar-refractivity contribution in [2.45, 2.75) is 6.92 Å². The zero-order valence-corrected chi connectivity index (χ0v) is 19.0. The van der Waals surface area contributed by atoms with Crippen molar-refractivity contribution in [2.75, 3.05) is 0 Å². The van der Waals surface area contributed by atoms with Gasteiger partial charge in [-0.1, -0.05) is 92.0 Å². The molecule has 0 aromatic heterocycles. The number of hydrogen-bond donors (Lipinski definition) is 0. The van der Waals surface area contributed by atoms with Crippen molar-refractivity contribution in [3.05, 3.63) is 121 Å². The monoisotopic (exact) mass is 438 g/mol. The Morgan fingerprint density at radius 2 is 1.59 bits per heavy atom. The van der Waals surface area contributed by atoms with Gasteiger partial charge in [0, 0.05) is 11.0 Å². The standard InChI is InChI=1S/C31H23BO2/c1-4-10-21(5-2)24-13-8-14-26-31(24)34-28-16-9-15-27-30(28)32(26)25-18-17-22(19-29(25)33-27)23-12-7-6-11-20(23)3/h4-19H,1-2H2,3H3/b21-10+. The van der Waals surface area contributed by atoms with Crippen LogP contribution in [0, 0.1) is 6.92 Å². The molecule has 4 aromatic carbocycles. The van der Waals surface area contributed by atoms with E-state index in [9.17, 15) is 0 Å². The number of allylic oxidation sites excluding steroid dienone is 4. The molecule has 2 aliphatic heterocycles. The molecule has 2 nitrogen and oxygen atoms in total. The highest BCUT2D eigenvalue weighted by molar-refractivity contribution is 6.98. The number of para-hydroxylation sites is 1. The first-order valence-corrected chi connectivity index (χ1v) is 11.5. The third kappa shape index (κ3) is 3.05. The fourth-order valence-electron chi connectivity index (χ4n) is 5.14. The Kier molecular flexibility index (Phi) is 4.77. The van der Waals surface area contributed by atoms with Gasteiger partial charge in [-0.3, -0.25) is 0 Å². The molecule has 2 aliphatic rings. The van der Waals surface area contributed by atoms with Crippen LogP contribution in [0.4, 0.5) is 0 Å². The highest BCUT2D eigenvalue weighted by atomic mass is 16.5. The average Bonchev–Trinajstić information content (AvgIpc) is 2.87. The molecule has 0 saturated carbocycles. The Morgan fingerprint density at radius 3 is 2.38 bits per heavy atom. The lowest BCUT2D eigenvalue weighted by atomic mass is 9.34. The van der Waals surface area contributed by atoms with Crippen LogP contribution >= 0.6 is 0 Å². The van der Waals surface area contributed by atoms with Crippen molar-refractivity contribution < 1.29 is 9.47 Å². The van der Waals surface area contributed by atoms with E-state index in [1.165, 1.54) is 11.1 Å². The number of fused-ring (bicyclic) bond motifs is 4. The summed E-state index contributed by atoms with van der Waals surface area (Å²) >= 11 is 0. The van der Waals surface area contributed by atoms with E-state index in [0.29, 0.717) is 0 Å². The average molecular weight is 438 g/mol. The number of hydrogen-bond acceptors (Lipinski definition) is 2. The first-order chi connectivity index (χ1) is 16.7. The molecule has 0 amide bonds. The molecule has 0 saturated heterocycles. The van der Waals surface area contributed by atoms with Crippen LogP contribution in [-0.2, 0) is 0 Å². The zero-order valence-electron chi connectivity index (χ0n) is 19.0. The second kappa shape index (κ2) is 7.96. The van der Waals surface area contributed by atoms with Crippen molar-refractivity contribution in [3.8, 4) is 34.1 Å². The number of aryl methyl sites for hydroxylation is 1. The van der Waals surface area contributed by atoms with Gasteiger partial charge >= 0.3 is 0 Å². The third-order valence-corrected chi connectivity index (χ3v) is 6.71. The smallest absolute Gasteiger partial charge is 0.260 e. The summed E-state index contributed by atoms with van der Waals surface area (Å²) in [5.74, 6) is 3.43. The van der Waals surface area contributed by atoms with Crippen LogP contribution in [0.15, 0.2) is 110 Å². The van der Waals surface area contributed by atoms with Gasteiger partial charge in [0.1, 0.15) is 23.0 Å². The Hall–Kier alpha value is -4.24. The van der Waals surface area contributed by atoms with Gasteiger partial charge in [-0.25, -0.2) is 0 Å². The van der Waals surface area contributed by atoms with Crippen molar-refractivity contribution in [3.63, 3.8) is 0 Å². The summed E-state index contributed by atoms with van der Waals surface area (Å²) in [6, 6.07) is 27.4. The Balaban J connectivity index is 1.57. The van der Waals surface area contributed by atoms with Crippen molar-refractivity contribution >= 4 is 28.7 Å². The molecule has 0 aliphatic carbocycles. The maximum atomic E-state index is 6.51. The van der Waals surface area contributed by atoms with E-state index in [1.54, 1.807) is 6.08 Å². The summed E-state index contributed by atoms with van der Waals surface area (Å²) < 4.78 is 13.0. The van der Waals surface area contributed by atoms with Crippen molar-refractivity contribution in [1.29, 1.82) is 0 Å². The lowest BCUT2D eigenvalue weighted by Crippen LogP contribution is -2.57. The highest BCUT2D eigenvalue weighted by Crippen LogP contribution is 2.38. The fourth-order valence-corrected chi connectivity index (χ4v) is 5.14. The maximum absolute atomic E-state index is 6.51. The first kappa shape index (κ1) is 20.4. The second-order valence-corrected chi connectivity index (χ2v) is 8.66. The molecule has 0 N–H and O–H groups in total. The molecule has 34 heavy (non-hydrogen) atoms. The van der Waals surface area contributed by atoms with E-state index in [2.05, 4.69) is 80.7 Å². The number of ether oxygens (including phenoxy) is 2. The van der Waals surface area contributed by atoms with Crippen LogP contribution in [0.25, 0.3) is 16.7 Å². The maximum Gasteiger partial charge on any atom is 0.260 e. The lowest BCUT2D eigenvalue weighted by Gasteiger charge is -2.34. The van der Waals surface area contributed by atoms with Crippen molar-refractivity contribution in [2.24, 2.45) is 0 Å². The van der Waals surface area contributed by atoms with Crippen LogP contribution in [0.3, 0.4) is 0 Å². The van der Waals surface area contributed by atoms with Crippen LogP contribution < -0.4 is 25.9 Å². The van der Waals surface area contributed by atoms with Gasteiger partial charge in [0.15, 0.2) is 0 Å². The van der Waals surface area contributed by atoms with E-state index >= 15 is 0 Å². The highest BCUT2D eigenvalue weighted by Gasteiger charge is 2.40. The van der Waals surface area contributed by atoms with Crippen molar-refractivity contribution in [1.82, 2.24) is 0 Å². The predicted octanol–water partition coefficient (Wildman–Crippen LogP) is 6.15. The SMILES string of the molecule is C=C/C=C(\C=C)c1cccc2c1Oc1cccc3c1B2c1ccc(-c2ccccc2C)cc1O3. The molecule has 3 heteroatoms. The molecule has 2 heterocycles. The molecule has 0 radical (unpaired) electrons. The Bertz CT molecular complexity index is 1510. The Labute approximate surface area is 200 Å². The van der Waals surface area contributed by atoms with Crippen LogP contribution in [0.1, 0.15) is 11.1 Å². The summed E-state index contributed by atoms with van der Waals surface area (Å²) in [6.07, 6.45) is 5.59. The van der Waals surface area contributed by atoms with Gasteiger partial charge in [0.05, 0.1) is 0 Å². The summed E-state index contributed by atoms with van der Waals surface area (Å²) in [6.45, 7) is 10.0. The fraction of sp³-hybridized carbons (Fsp3) is 0.0323. The largest absolute Gasteiger partial charge is 0.458 e. The minimum Gasteiger partial charge on any atom is -0.458 e. The summed E-state index contributed by atoms with van der Waals surface area (Å²) in [5, 5.41) is 0. The molecule has 0 bridgehead atoms. The molecular formula is C31H23BO2. The molecule has 0 fully saturated rings. The molecule has 6 rings (SSSR count). The second-order valence-electron chi connectivity index (χ2n) is 8.66. The van der Waals surface area contributed by atoms with E-state index < -0.39 is 0 Å². The Morgan fingerprint density at radius 1 is 0.794 bits per heavy atom. The normalized spacial score (nSPS) is 13.1. The van der Waals surface area contributed by atoms with Crippen LogP contribution in [0.5, 0.6) is 23.0 Å². The van der Waals surface area contributed by atoms with Crippen LogP contribution in [0.2, 0.25) is 0 Å². The van der Waals surface area contributed by atoms with E-state index in [4.69, 9.17) is 9.47 Å².